The third-order valence-electron chi connectivity index (χ3n) is 3.66. The van der Waals surface area contributed by atoms with Crippen LogP contribution in [0.3, 0.4) is 0 Å². The molecule has 2 N–H and O–H groups in total. The van der Waals surface area contributed by atoms with Crippen LogP contribution in [0.25, 0.3) is 0 Å². The van der Waals surface area contributed by atoms with Crippen molar-refractivity contribution in [3.8, 4) is 0 Å². The molecule has 3 atom stereocenters. The third kappa shape index (κ3) is 3.67. The van der Waals surface area contributed by atoms with Crippen molar-refractivity contribution in [2.75, 3.05) is 32.9 Å². The highest BCUT2D eigenvalue weighted by Crippen LogP contribution is 2.15. The molecule has 0 bridgehead atoms. The molecule has 1 amide bonds. The smallest absolute Gasteiger partial charge is 0.227 e. The molecule has 3 unspecified atom stereocenters. The molecule has 0 aromatic carbocycles. The molecule has 2 heterocycles. The SMILES string of the molecule is CCNC1COCC1C(=O)NCC1CCCCO1. The van der Waals surface area contributed by atoms with Crippen LogP contribution < -0.4 is 10.6 Å². The Kier molecular flexibility index (Phi) is 5.41. The normalized spacial score (nSPS) is 32.4. The second-order valence-electron chi connectivity index (χ2n) is 5.04. The number of hydrogen-bond acceptors (Lipinski definition) is 4. The topological polar surface area (TPSA) is 59.6 Å². The van der Waals surface area contributed by atoms with Crippen molar-refractivity contribution in [1.82, 2.24) is 10.6 Å². The van der Waals surface area contributed by atoms with Gasteiger partial charge in [-0.3, -0.25) is 4.79 Å². The van der Waals surface area contributed by atoms with Gasteiger partial charge in [-0.25, -0.2) is 0 Å². The minimum absolute atomic E-state index is 0.0615. The van der Waals surface area contributed by atoms with Crippen LogP contribution in [0.2, 0.25) is 0 Å². The van der Waals surface area contributed by atoms with E-state index in [2.05, 4.69) is 10.6 Å². The van der Waals surface area contributed by atoms with Gasteiger partial charge in [-0.2, -0.15) is 0 Å². The Labute approximate surface area is 109 Å². The lowest BCUT2D eigenvalue weighted by atomic mass is 10.0. The summed E-state index contributed by atoms with van der Waals surface area (Å²) in [5, 5.41) is 6.30. The van der Waals surface area contributed by atoms with Gasteiger partial charge in [-0.05, 0) is 25.8 Å². The van der Waals surface area contributed by atoms with E-state index in [1.54, 1.807) is 0 Å². The first-order valence-corrected chi connectivity index (χ1v) is 7.01. The second-order valence-corrected chi connectivity index (χ2v) is 5.04. The summed E-state index contributed by atoms with van der Waals surface area (Å²) in [6.07, 6.45) is 3.59. The first kappa shape index (κ1) is 13.8. The fourth-order valence-corrected chi connectivity index (χ4v) is 2.59. The number of likely N-dealkylation sites (N-methyl/N-ethyl adjacent to an activating group) is 1. The Hall–Kier alpha value is -0.650. The van der Waals surface area contributed by atoms with Crippen LogP contribution >= 0.6 is 0 Å². The Morgan fingerprint density at radius 1 is 1.33 bits per heavy atom. The summed E-state index contributed by atoms with van der Waals surface area (Å²) >= 11 is 0. The van der Waals surface area contributed by atoms with Crippen molar-refractivity contribution in [3.63, 3.8) is 0 Å². The van der Waals surface area contributed by atoms with Gasteiger partial charge in [0.15, 0.2) is 0 Å². The highest BCUT2D eigenvalue weighted by molar-refractivity contribution is 5.79. The highest BCUT2D eigenvalue weighted by Gasteiger charge is 2.33. The standard InChI is InChI=1S/C13H24N2O3/c1-2-14-12-9-17-8-11(12)13(16)15-7-10-5-3-4-6-18-10/h10-12,14H,2-9H2,1H3,(H,15,16). The van der Waals surface area contributed by atoms with E-state index < -0.39 is 0 Å². The Bertz CT molecular complexity index is 267. The zero-order valence-corrected chi connectivity index (χ0v) is 11.1. The molecule has 5 heteroatoms. The van der Waals surface area contributed by atoms with E-state index in [0.29, 0.717) is 19.8 Å². The predicted molar refractivity (Wildman–Crippen MR) is 68.4 cm³/mol. The predicted octanol–water partition coefficient (Wildman–Crippen LogP) is 0.296. The molecule has 5 nitrogen and oxygen atoms in total. The molecular weight excluding hydrogens is 232 g/mol. The Morgan fingerprint density at radius 2 is 2.22 bits per heavy atom. The first-order valence-electron chi connectivity index (χ1n) is 7.01. The van der Waals surface area contributed by atoms with Crippen LogP contribution in [-0.2, 0) is 14.3 Å². The fourth-order valence-electron chi connectivity index (χ4n) is 2.59. The summed E-state index contributed by atoms with van der Waals surface area (Å²) in [5.41, 5.74) is 0. The summed E-state index contributed by atoms with van der Waals surface area (Å²) in [5.74, 6) is 0.0289. The van der Waals surface area contributed by atoms with Crippen molar-refractivity contribution >= 4 is 5.91 Å². The second kappa shape index (κ2) is 7.07. The summed E-state index contributed by atoms with van der Waals surface area (Å²) in [4.78, 5) is 12.1. The van der Waals surface area contributed by atoms with E-state index in [-0.39, 0.29) is 24.0 Å². The van der Waals surface area contributed by atoms with Gasteiger partial charge >= 0.3 is 0 Å². The summed E-state index contributed by atoms with van der Waals surface area (Å²) in [7, 11) is 0. The van der Waals surface area contributed by atoms with Gasteiger partial charge < -0.3 is 20.1 Å². The maximum Gasteiger partial charge on any atom is 0.227 e. The van der Waals surface area contributed by atoms with Gasteiger partial charge in [0.25, 0.3) is 0 Å². The molecular formula is C13H24N2O3. The summed E-state index contributed by atoms with van der Waals surface area (Å²) in [6.45, 7) is 5.52. The van der Waals surface area contributed by atoms with Gasteiger partial charge in [0.05, 0.1) is 25.2 Å². The van der Waals surface area contributed by atoms with Crippen LogP contribution in [0.1, 0.15) is 26.2 Å². The molecule has 0 radical (unpaired) electrons. The van der Waals surface area contributed by atoms with Crippen LogP contribution in [0.4, 0.5) is 0 Å². The number of hydrogen-bond donors (Lipinski definition) is 2. The average molecular weight is 256 g/mol. The highest BCUT2D eigenvalue weighted by atomic mass is 16.5. The van der Waals surface area contributed by atoms with Crippen molar-refractivity contribution < 1.29 is 14.3 Å². The maximum atomic E-state index is 12.1. The molecule has 0 aromatic rings. The molecule has 2 fully saturated rings. The van der Waals surface area contributed by atoms with Crippen molar-refractivity contribution in [3.05, 3.63) is 0 Å². The maximum absolute atomic E-state index is 12.1. The zero-order valence-electron chi connectivity index (χ0n) is 11.1. The van der Waals surface area contributed by atoms with Gasteiger partial charge in [-0.1, -0.05) is 6.92 Å². The molecule has 0 saturated carbocycles. The largest absolute Gasteiger partial charge is 0.379 e. The molecule has 2 rings (SSSR count). The van der Waals surface area contributed by atoms with E-state index in [4.69, 9.17) is 9.47 Å². The number of ether oxygens (including phenoxy) is 2. The number of nitrogens with one attached hydrogen (secondary N) is 2. The number of rotatable bonds is 5. The molecule has 0 aromatic heterocycles. The van der Waals surface area contributed by atoms with Gasteiger partial charge in [0, 0.05) is 19.2 Å². The van der Waals surface area contributed by atoms with Crippen molar-refractivity contribution in [2.45, 2.75) is 38.3 Å². The van der Waals surface area contributed by atoms with Gasteiger partial charge in [0.2, 0.25) is 5.91 Å². The third-order valence-corrected chi connectivity index (χ3v) is 3.66. The van der Waals surface area contributed by atoms with Crippen LogP contribution in [0.15, 0.2) is 0 Å². The van der Waals surface area contributed by atoms with Crippen LogP contribution in [0, 0.1) is 5.92 Å². The van der Waals surface area contributed by atoms with Crippen LogP contribution in [0.5, 0.6) is 0 Å². The minimum atomic E-state index is -0.0615. The molecule has 0 aliphatic carbocycles. The van der Waals surface area contributed by atoms with E-state index in [1.165, 1.54) is 6.42 Å². The summed E-state index contributed by atoms with van der Waals surface area (Å²) < 4.78 is 11.0. The molecule has 104 valence electrons. The molecule has 0 spiro atoms. The molecule has 2 saturated heterocycles. The Morgan fingerprint density at radius 3 is 2.94 bits per heavy atom. The quantitative estimate of drug-likeness (QED) is 0.742. The van der Waals surface area contributed by atoms with Crippen molar-refractivity contribution in [1.29, 1.82) is 0 Å². The van der Waals surface area contributed by atoms with E-state index in [1.807, 2.05) is 6.92 Å². The number of amides is 1. The lowest BCUT2D eigenvalue weighted by Crippen LogP contribution is -2.46. The first-order chi connectivity index (χ1) is 8.81. The summed E-state index contributed by atoms with van der Waals surface area (Å²) in [6, 6.07) is 0.155. The lowest BCUT2D eigenvalue weighted by molar-refractivity contribution is -0.126. The lowest BCUT2D eigenvalue weighted by Gasteiger charge is -2.24. The molecule has 18 heavy (non-hydrogen) atoms. The molecule has 2 aliphatic rings. The average Bonchev–Trinajstić information content (AvgIpc) is 2.86. The number of carbonyl (C=O) groups excluding carboxylic acids is 1. The minimum Gasteiger partial charge on any atom is -0.379 e. The Balaban J connectivity index is 1.73. The monoisotopic (exact) mass is 256 g/mol. The zero-order chi connectivity index (χ0) is 12.8. The van der Waals surface area contributed by atoms with Gasteiger partial charge in [-0.15, -0.1) is 0 Å². The number of carbonyl (C=O) groups is 1. The van der Waals surface area contributed by atoms with Crippen LogP contribution in [-0.4, -0.2) is 51.0 Å². The van der Waals surface area contributed by atoms with Gasteiger partial charge in [0.1, 0.15) is 0 Å². The van der Waals surface area contributed by atoms with E-state index >= 15 is 0 Å². The van der Waals surface area contributed by atoms with Crippen molar-refractivity contribution in [2.24, 2.45) is 5.92 Å². The van der Waals surface area contributed by atoms with E-state index in [0.717, 1.165) is 26.0 Å². The fraction of sp³-hybridized carbons (Fsp3) is 0.923. The van der Waals surface area contributed by atoms with E-state index in [9.17, 15) is 4.79 Å². The molecule has 2 aliphatic heterocycles.